The van der Waals surface area contributed by atoms with Crippen molar-refractivity contribution in [1.82, 2.24) is 14.9 Å². The molecule has 0 aliphatic heterocycles. The molecular weight excluding hydrogens is 391 g/mol. The number of unbranched alkanes of at least 4 members (excludes halogenated alkanes) is 1. The first kappa shape index (κ1) is 20.6. The molecule has 1 heterocycles. The number of nitrogens with one attached hydrogen (secondary N) is 1. The molecule has 4 nitrogen and oxygen atoms in total. The number of aromatic nitrogens is 2. The summed E-state index contributed by atoms with van der Waals surface area (Å²) in [6, 6.07) is 13.6. The Morgan fingerprint density at radius 2 is 1.61 bits per heavy atom. The SMILES string of the molecule is CN(C)CCCCNc1nc2cc(Cl)c(Cl)cc2nc1C=Cc1ccccc1. The van der Waals surface area contributed by atoms with Gasteiger partial charge in [-0.2, -0.15) is 0 Å². The summed E-state index contributed by atoms with van der Waals surface area (Å²) in [7, 11) is 4.17. The Bertz CT molecular complexity index is 956. The lowest BCUT2D eigenvalue weighted by atomic mass is 10.2. The summed E-state index contributed by atoms with van der Waals surface area (Å²) in [5.74, 6) is 0.753. The maximum absolute atomic E-state index is 6.16. The van der Waals surface area contributed by atoms with Gasteiger partial charge in [0.15, 0.2) is 5.82 Å². The normalized spacial score (nSPS) is 11.6. The number of rotatable bonds is 8. The minimum absolute atomic E-state index is 0.478. The van der Waals surface area contributed by atoms with Crippen molar-refractivity contribution in [1.29, 1.82) is 0 Å². The van der Waals surface area contributed by atoms with E-state index in [0.717, 1.165) is 54.0 Å². The van der Waals surface area contributed by atoms with E-state index >= 15 is 0 Å². The third kappa shape index (κ3) is 5.68. The zero-order chi connectivity index (χ0) is 19.9. The van der Waals surface area contributed by atoms with Crippen LogP contribution in [0.3, 0.4) is 0 Å². The number of benzene rings is 2. The minimum Gasteiger partial charge on any atom is -0.368 e. The van der Waals surface area contributed by atoms with Crippen molar-refractivity contribution < 1.29 is 0 Å². The predicted molar refractivity (Wildman–Crippen MR) is 121 cm³/mol. The van der Waals surface area contributed by atoms with E-state index in [9.17, 15) is 0 Å². The van der Waals surface area contributed by atoms with Gasteiger partial charge in [-0.15, -0.1) is 0 Å². The smallest absolute Gasteiger partial charge is 0.152 e. The molecule has 28 heavy (non-hydrogen) atoms. The van der Waals surface area contributed by atoms with E-state index in [0.29, 0.717) is 10.0 Å². The summed E-state index contributed by atoms with van der Waals surface area (Å²) in [5.41, 5.74) is 3.33. The lowest BCUT2D eigenvalue weighted by Crippen LogP contribution is -2.14. The van der Waals surface area contributed by atoms with E-state index in [4.69, 9.17) is 33.2 Å². The third-order valence-electron chi connectivity index (χ3n) is 4.29. The molecule has 0 saturated heterocycles. The maximum Gasteiger partial charge on any atom is 0.152 e. The van der Waals surface area contributed by atoms with Crippen LogP contribution in [0, 0.1) is 0 Å². The second-order valence-electron chi connectivity index (χ2n) is 6.89. The maximum atomic E-state index is 6.16. The largest absolute Gasteiger partial charge is 0.368 e. The van der Waals surface area contributed by atoms with Crippen molar-refractivity contribution in [3.63, 3.8) is 0 Å². The highest BCUT2D eigenvalue weighted by molar-refractivity contribution is 6.42. The second-order valence-corrected chi connectivity index (χ2v) is 7.71. The molecule has 2 aromatic carbocycles. The summed E-state index contributed by atoms with van der Waals surface area (Å²) in [6.45, 7) is 1.90. The van der Waals surface area contributed by atoms with E-state index in [1.54, 1.807) is 12.1 Å². The molecule has 1 aromatic heterocycles. The van der Waals surface area contributed by atoms with E-state index in [1.807, 2.05) is 30.4 Å². The molecule has 0 bridgehead atoms. The zero-order valence-corrected chi connectivity index (χ0v) is 17.6. The van der Waals surface area contributed by atoms with Crippen LogP contribution in [0.2, 0.25) is 10.0 Å². The van der Waals surface area contributed by atoms with Gasteiger partial charge in [0.25, 0.3) is 0 Å². The fourth-order valence-corrected chi connectivity index (χ4v) is 3.13. The average molecular weight is 415 g/mol. The molecule has 0 aliphatic rings. The lowest BCUT2D eigenvalue weighted by Gasteiger charge is -2.12. The average Bonchev–Trinajstić information content (AvgIpc) is 2.68. The molecular formula is C22H24Cl2N4. The highest BCUT2D eigenvalue weighted by Gasteiger charge is 2.09. The molecule has 146 valence electrons. The van der Waals surface area contributed by atoms with Crippen LogP contribution >= 0.6 is 23.2 Å². The monoisotopic (exact) mass is 414 g/mol. The third-order valence-corrected chi connectivity index (χ3v) is 5.01. The number of fused-ring (bicyclic) bond motifs is 1. The number of nitrogens with zero attached hydrogens (tertiary/aromatic N) is 3. The van der Waals surface area contributed by atoms with Crippen molar-refractivity contribution in [2.75, 3.05) is 32.5 Å². The first-order valence-corrected chi connectivity index (χ1v) is 10.1. The quantitative estimate of drug-likeness (QED) is 0.468. The van der Waals surface area contributed by atoms with Crippen molar-refractivity contribution in [3.05, 3.63) is 63.8 Å². The molecule has 0 spiro atoms. The standard InChI is InChI=1S/C22H24Cl2N4/c1-28(2)13-7-6-12-25-22-19(11-10-16-8-4-3-5-9-16)26-20-14-17(23)18(24)15-21(20)27-22/h3-5,8-11,14-15H,6-7,12-13H2,1-2H3,(H,25,27). The van der Waals surface area contributed by atoms with E-state index in [2.05, 4.69) is 36.4 Å². The first-order valence-electron chi connectivity index (χ1n) is 9.31. The molecule has 0 unspecified atom stereocenters. The zero-order valence-electron chi connectivity index (χ0n) is 16.1. The van der Waals surface area contributed by atoms with Crippen molar-refractivity contribution in [2.24, 2.45) is 0 Å². The van der Waals surface area contributed by atoms with Crippen LogP contribution < -0.4 is 5.32 Å². The Balaban J connectivity index is 1.86. The second kappa shape index (κ2) is 9.87. The van der Waals surface area contributed by atoms with Gasteiger partial charge in [0.05, 0.1) is 21.1 Å². The van der Waals surface area contributed by atoms with Crippen LogP contribution in [0.25, 0.3) is 23.2 Å². The van der Waals surface area contributed by atoms with Crippen LogP contribution in [-0.4, -0.2) is 42.1 Å². The summed E-state index contributed by atoms with van der Waals surface area (Å²) < 4.78 is 0. The predicted octanol–water partition coefficient (Wildman–Crippen LogP) is 5.86. The molecule has 0 amide bonds. The van der Waals surface area contributed by atoms with Gasteiger partial charge in [-0.3, -0.25) is 0 Å². The molecule has 0 saturated carbocycles. The fraction of sp³-hybridized carbons (Fsp3) is 0.273. The molecule has 3 aromatic rings. The molecule has 0 fully saturated rings. The van der Waals surface area contributed by atoms with Crippen LogP contribution in [0.4, 0.5) is 5.82 Å². The van der Waals surface area contributed by atoms with Crippen molar-refractivity contribution >= 4 is 52.2 Å². The molecule has 0 radical (unpaired) electrons. The van der Waals surface area contributed by atoms with Crippen LogP contribution in [-0.2, 0) is 0 Å². The van der Waals surface area contributed by atoms with Gasteiger partial charge in [-0.1, -0.05) is 59.6 Å². The van der Waals surface area contributed by atoms with Gasteiger partial charge in [0.1, 0.15) is 5.69 Å². The Morgan fingerprint density at radius 1 is 0.929 bits per heavy atom. The summed E-state index contributed by atoms with van der Waals surface area (Å²) in [5, 5.41) is 4.39. The molecule has 0 aliphatic carbocycles. The van der Waals surface area contributed by atoms with Crippen LogP contribution in [0.1, 0.15) is 24.1 Å². The van der Waals surface area contributed by atoms with Gasteiger partial charge in [0.2, 0.25) is 0 Å². The molecule has 1 N–H and O–H groups in total. The number of hydrogen-bond donors (Lipinski definition) is 1. The van der Waals surface area contributed by atoms with Crippen molar-refractivity contribution in [2.45, 2.75) is 12.8 Å². The number of anilines is 1. The van der Waals surface area contributed by atoms with Gasteiger partial charge in [0, 0.05) is 6.54 Å². The highest BCUT2D eigenvalue weighted by Crippen LogP contribution is 2.28. The highest BCUT2D eigenvalue weighted by atomic mass is 35.5. The van der Waals surface area contributed by atoms with Gasteiger partial charge in [-0.05, 0) is 57.3 Å². The van der Waals surface area contributed by atoms with Crippen molar-refractivity contribution in [3.8, 4) is 0 Å². The fourth-order valence-electron chi connectivity index (χ4n) is 2.81. The van der Waals surface area contributed by atoms with E-state index in [1.165, 1.54) is 0 Å². The Kier molecular flexibility index (Phi) is 7.26. The summed E-state index contributed by atoms with van der Waals surface area (Å²) in [6.07, 6.45) is 6.19. The number of halogens is 2. The Morgan fingerprint density at radius 3 is 2.29 bits per heavy atom. The molecule has 3 rings (SSSR count). The van der Waals surface area contributed by atoms with Gasteiger partial charge >= 0.3 is 0 Å². The number of hydrogen-bond acceptors (Lipinski definition) is 4. The first-order chi connectivity index (χ1) is 13.5. The summed E-state index contributed by atoms with van der Waals surface area (Å²) >= 11 is 12.3. The topological polar surface area (TPSA) is 41.0 Å². The van der Waals surface area contributed by atoms with E-state index < -0.39 is 0 Å². The molecule has 0 atom stereocenters. The Labute approximate surface area is 176 Å². The Hall–Kier alpha value is -2.14. The van der Waals surface area contributed by atoms with Gasteiger partial charge < -0.3 is 10.2 Å². The molecule has 6 heteroatoms. The van der Waals surface area contributed by atoms with Gasteiger partial charge in [-0.25, -0.2) is 9.97 Å². The van der Waals surface area contributed by atoms with E-state index in [-0.39, 0.29) is 0 Å². The lowest BCUT2D eigenvalue weighted by molar-refractivity contribution is 0.396. The summed E-state index contributed by atoms with van der Waals surface area (Å²) in [4.78, 5) is 11.7. The van der Waals surface area contributed by atoms with Crippen LogP contribution in [0.15, 0.2) is 42.5 Å². The van der Waals surface area contributed by atoms with Crippen LogP contribution in [0.5, 0.6) is 0 Å². The minimum atomic E-state index is 0.478.